The van der Waals surface area contributed by atoms with Crippen LogP contribution in [-0.2, 0) is 6.54 Å². The number of benzene rings is 1. The van der Waals surface area contributed by atoms with Crippen molar-refractivity contribution < 1.29 is 0 Å². The van der Waals surface area contributed by atoms with Gasteiger partial charge in [-0.2, -0.15) is 0 Å². The molecule has 1 aromatic heterocycles. The van der Waals surface area contributed by atoms with Gasteiger partial charge in [0, 0.05) is 30.3 Å². The molecule has 4 heteroatoms. The van der Waals surface area contributed by atoms with E-state index in [1.54, 1.807) is 11.3 Å². The standard InChI is InChI=1S/C13H15BrN2S/c1-15-10-4-3-5-11(8-10)16(2)9-12-6-7-13(14)17-12/h3-8,15H,9H2,1-2H3. The third kappa shape index (κ3) is 3.23. The lowest BCUT2D eigenvalue weighted by Gasteiger charge is -2.19. The second kappa shape index (κ2) is 5.56. The summed E-state index contributed by atoms with van der Waals surface area (Å²) in [5.74, 6) is 0. The van der Waals surface area contributed by atoms with E-state index in [1.165, 1.54) is 14.4 Å². The van der Waals surface area contributed by atoms with E-state index < -0.39 is 0 Å². The van der Waals surface area contributed by atoms with Gasteiger partial charge in [0.1, 0.15) is 0 Å². The molecular weight excluding hydrogens is 296 g/mol. The van der Waals surface area contributed by atoms with Gasteiger partial charge in [0.2, 0.25) is 0 Å². The molecule has 1 heterocycles. The smallest absolute Gasteiger partial charge is 0.0702 e. The van der Waals surface area contributed by atoms with Crippen LogP contribution in [0, 0.1) is 0 Å². The first kappa shape index (κ1) is 12.5. The van der Waals surface area contributed by atoms with E-state index in [-0.39, 0.29) is 0 Å². The predicted molar refractivity (Wildman–Crippen MR) is 80.1 cm³/mol. The van der Waals surface area contributed by atoms with Gasteiger partial charge < -0.3 is 10.2 Å². The predicted octanol–water partition coefficient (Wildman–Crippen LogP) is 4.19. The lowest BCUT2D eigenvalue weighted by molar-refractivity contribution is 0.941. The minimum atomic E-state index is 0.934. The maximum Gasteiger partial charge on any atom is 0.0702 e. The molecule has 1 N–H and O–H groups in total. The molecule has 0 spiro atoms. The van der Waals surface area contributed by atoms with Crippen LogP contribution in [0.25, 0.3) is 0 Å². The molecule has 2 rings (SSSR count). The number of nitrogens with zero attached hydrogens (tertiary/aromatic N) is 1. The zero-order chi connectivity index (χ0) is 12.3. The SMILES string of the molecule is CNc1cccc(N(C)Cc2ccc(Br)s2)c1. The molecule has 17 heavy (non-hydrogen) atoms. The van der Waals surface area contributed by atoms with Crippen molar-refractivity contribution in [3.8, 4) is 0 Å². The topological polar surface area (TPSA) is 15.3 Å². The summed E-state index contributed by atoms with van der Waals surface area (Å²) >= 11 is 5.27. The fourth-order valence-electron chi connectivity index (χ4n) is 1.66. The van der Waals surface area contributed by atoms with E-state index >= 15 is 0 Å². The summed E-state index contributed by atoms with van der Waals surface area (Å²) in [6.07, 6.45) is 0. The molecule has 0 aliphatic rings. The van der Waals surface area contributed by atoms with E-state index in [4.69, 9.17) is 0 Å². The minimum absolute atomic E-state index is 0.934. The van der Waals surface area contributed by atoms with Crippen LogP contribution in [0.4, 0.5) is 11.4 Å². The van der Waals surface area contributed by atoms with Gasteiger partial charge in [-0.1, -0.05) is 6.07 Å². The quantitative estimate of drug-likeness (QED) is 0.911. The van der Waals surface area contributed by atoms with Crippen molar-refractivity contribution in [3.63, 3.8) is 0 Å². The first-order valence-corrected chi connectivity index (χ1v) is 7.03. The van der Waals surface area contributed by atoms with Gasteiger partial charge in [-0.25, -0.2) is 0 Å². The van der Waals surface area contributed by atoms with Crippen LogP contribution in [0.15, 0.2) is 40.2 Å². The summed E-state index contributed by atoms with van der Waals surface area (Å²) in [4.78, 5) is 3.60. The maximum absolute atomic E-state index is 3.49. The van der Waals surface area contributed by atoms with E-state index in [0.29, 0.717) is 0 Å². The summed E-state index contributed by atoms with van der Waals surface area (Å²) in [6, 6.07) is 12.7. The number of rotatable bonds is 4. The van der Waals surface area contributed by atoms with E-state index in [2.05, 4.69) is 69.6 Å². The van der Waals surface area contributed by atoms with Crippen LogP contribution in [0.1, 0.15) is 4.88 Å². The van der Waals surface area contributed by atoms with Crippen LogP contribution >= 0.6 is 27.3 Å². The monoisotopic (exact) mass is 310 g/mol. The average Bonchev–Trinajstić information content (AvgIpc) is 2.75. The van der Waals surface area contributed by atoms with Gasteiger partial charge in [0.15, 0.2) is 0 Å². The fraction of sp³-hybridized carbons (Fsp3) is 0.231. The third-order valence-corrected chi connectivity index (χ3v) is 4.21. The molecule has 0 unspecified atom stereocenters. The van der Waals surface area contributed by atoms with Gasteiger partial charge >= 0.3 is 0 Å². The highest BCUT2D eigenvalue weighted by molar-refractivity contribution is 9.11. The highest BCUT2D eigenvalue weighted by Crippen LogP contribution is 2.25. The van der Waals surface area contributed by atoms with Crippen molar-refractivity contribution in [2.75, 3.05) is 24.3 Å². The van der Waals surface area contributed by atoms with Gasteiger partial charge in [-0.05, 0) is 46.3 Å². The largest absolute Gasteiger partial charge is 0.388 e. The Morgan fingerprint density at radius 3 is 2.76 bits per heavy atom. The molecule has 2 aromatic rings. The summed E-state index contributed by atoms with van der Waals surface area (Å²) in [6.45, 7) is 0.934. The fourth-order valence-corrected chi connectivity index (χ4v) is 3.20. The Kier molecular flexibility index (Phi) is 4.07. The van der Waals surface area contributed by atoms with Crippen molar-refractivity contribution in [1.29, 1.82) is 0 Å². The van der Waals surface area contributed by atoms with Crippen LogP contribution in [0.2, 0.25) is 0 Å². The zero-order valence-electron chi connectivity index (χ0n) is 9.90. The molecule has 0 fully saturated rings. The van der Waals surface area contributed by atoms with Crippen LogP contribution < -0.4 is 10.2 Å². The molecule has 0 bridgehead atoms. The molecular formula is C13H15BrN2S. The molecule has 0 amide bonds. The summed E-state index contributed by atoms with van der Waals surface area (Å²) in [5, 5.41) is 3.16. The van der Waals surface area contributed by atoms with Gasteiger partial charge in [-0.15, -0.1) is 11.3 Å². The van der Waals surface area contributed by atoms with Crippen molar-refractivity contribution in [1.82, 2.24) is 0 Å². The molecule has 0 saturated heterocycles. The van der Waals surface area contributed by atoms with E-state index in [0.717, 1.165) is 12.2 Å². The first-order valence-electron chi connectivity index (χ1n) is 5.42. The molecule has 1 aromatic carbocycles. The highest BCUT2D eigenvalue weighted by atomic mass is 79.9. The number of anilines is 2. The molecule has 0 aliphatic carbocycles. The van der Waals surface area contributed by atoms with Gasteiger partial charge in [0.25, 0.3) is 0 Å². The molecule has 2 nitrogen and oxygen atoms in total. The van der Waals surface area contributed by atoms with E-state index in [9.17, 15) is 0 Å². The van der Waals surface area contributed by atoms with Crippen LogP contribution in [-0.4, -0.2) is 14.1 Å². The average molecular weight is 311 g/mol. The second-order valence-corrected chi connectivity index (χ2v) is 6.41. The molecule has 0 saturated carbocycles. The summed E-state index contributed by atoms with van der Waals surface area (Å²) in [7, 11) is 4.05. The lowest BCUT2D eigenvalue weighted by Crippen LogP contribution is -2.15. The Balaban J connectivity index is 2.11. The Morgan fingerprint density at radius 1 is 1.29 bits per heavy atom. The number of nitrogens with one attached hydrogen (secondary N) is 1. The number of thiophene rings is 1. The van der Waals surface area contributed by atoms with Crippen LogP contribution in [0.5, 0.6) is 0 Å². The van der Waals surface area contributed by atoms with Crippen molar-refractivity contribution >= 4 is 38.6 Å². The Labute approximate surface area is 114 Å². The summed E-state index contributed by atoms with van der Waals surface area (Å²) < 4.78 is 1.19. The molecule has 0 atom stereocenters. The third-order valence-electron chi connectivity index (χ3n) is 2.60. The molecule has 0 radical (unpaired) electrons. The van der Waals surface area contributed by atoms with Crippen molar-refractivity contribution in [2.24, 2.45) is 0 Å². The molecule has 90 valence electrons. The Hall–Kier alpha value is -1.000. The van der Waals surface area contributed by atoms with Crippen molar-refractivity contribution in [2.45, 2.75) is 6.54 Å². The number of hydrogen-bond donors (Lipinski definition) is 1. The maximum atomic E-state index is 3.49. The van der Waals surface area contributed by atoms with Gasteiger partial charge in [0.05, 0.1) is 10.3 Å². The number of hydrogen-bond acceptors (Lipinski definition) is 3. The van der Waals surface area contributed by atoms with E-state index in [1.807, 2.05) is 7.05 Å². The van der Waals surface area contributed by atoms with Crippen molar-refractivity contribution in [3.05, 3.63) is 45.1 Å². The first-order chi connectivity index (χ1) is 8.19. The zero-order valence-corrected chi connectivity index (χ0v) is 12.3. The molecule has 0 aliphatic heterocycles. The summed E-state index contributed by atoms with van der Waals surface area (Å²) in [5.41, 5.74) is 2.36. The Morgan fingerprint density at radius 2 is 2.12 bits per heavy atom. The van der Waals surface area contributed by atoms with Crippen LogP contribution in [0.3, 0.4) is 0 Å². The normalized spacial score (nSPS) is 10.3. The lowest BCUT2D eigenvalue weighted by atomic mass is 10.2. The van der Waals surface area contributed by atoms with Gasteiger partial charge in [-0.3, -0.25) is 0 Å². The Bertz CT molecular complexity index is 496. The number of halogens is 1. The minimum Gasteiger partial charge on any atom is -0.388 e. The second-order valence-electron chi connectivity index (χ2n) is 3.86. The highest BCUT2D eigenvalue weighted by Gasteiger charge is 2.04.